The van der Waals surface area contributed by atoms with Gasteiger partial charge in [-0.3, -0.25) is 0 Å². The largest absolute Gasteiger partial charge is 0.321 e. The molecule has 4 nitrogen and oxygen atoms in total. The van der Waals surface area contributed by atoms with Crippen molar-refractivity contribution in [3.63, 3.8) is 0 Å². The summed E-state index contributed by atoms with van der Waals surface area (Å²) in [6.07, 6.45) is 1.25. The zero-order chi connectivity index (χ0) is 13.8. The van der Waals surface area contributed by atoms with E-state index in [0.29, 0.717) is 13.1 Å². The van der Waals surface area contributed by atoms with Crippen molar-refractivity contribution >= 4 is 9.84 Å². The van der Waals surface area contributed by atoms with Gasteiger partial charge in [0, 0.05) is 19.3 Å². The zero-order valence-corrected chi connectivity index (χ0v) is 12.1. The van der Waals surface area contributed by atoms with Crippen molar-refractivity contribution in [3.8, 4) is 0 Å². The first-order valence-corrected chi connectivity index (χ1v) is 7.97. The number of rotatable bonds is 6. The van der Waals surface area contributed by atoms with Gasteiger partial charge in [0.05, 0.1) is 11.3 Å². The minimum atomic E-state index is -2.92. The summed E-state index contributed by atoms with van der Waals surface area (Å²) in [5.74, 6) is 0.161. The molecule has 0 radical (unpaired) electrons. The van der Waals surface area contributed by atoms with E-state index in [1.165, 1.54) is 6.26 Å². The third kappa shape index (κ3) is 5.16. The molecule has 0 saturated carbocycles. The Morgan fingerprint density at radius 1 is 1.28 bits per heavy atom. The molecular formula is C13H22N2O2S. The van der Waals surface area contributed by atoms with E-state index in [4.69, 9.17) is 5.73 Å². The highest BCUT2D eigenvalue weighted by Gasteiger charge is 2.23. The van der Waals surface area contributed by atoms with Crippen molar-refractivity contribution in [2.75, 3.05) is 32.1 Å². The Labute approximate surface area is 110 Å². The Bertz CT molecular complexity index is 469. The van der Waals surface area contributed by atoms with Crippen LogP contribution < -0.4 is 5.73 Å². The van der Waals surface area contributed by atoms with Gasteiger partial charge in [0.15, 0.2) is 0 Å². The lowest BCUT2D eigenvalue weighted by molar-refractivity contribution is 0.271. The monoisotopic (exact) mass is 270 g/mol. The predicted octanol–water partition coefficient (Wildman–Crippen LogP) is 0.837. The minimum absolute atomic E-state index is 0.161. The van der Waals surface area contributed by atoms with Crippen LogP contribution >= 0.6 is 0 Å². The topological polar surface area (TPSA) is 63.4 Å². The van der Waals surface area contributed by atoms with Crippen molar-refractivity contribution in [2.45, 2.75) is 12.5 Å². The van der Waals surface area contributed by atoms with Gasteiger partial charge in [0.2, 0.25) is 0 Å². The summed E-state index contributed by atoms with van der Waals surface area (Å²) >= 11 is 0. The smallest absolute Gasteiger partial charge is 0.148 e. The summed E-state index contributed by atoms with van der Waals surface area (Å²) in [6.45, 7) is 3.07. The fourth-order valence-corrected chi connectivity index (χ4v) is 2.51. The van der Waals surface area contributed by atoms with Gasteiger partial charge >= 0.3 is 0 Å². The van der Waals surface area contributed by atoms with Crippen LogP contribution in [0.3, 0.4) is 0 Å². The molecule has 0 heterocycles. The van der Waals surface area contributed by atoms with Crippen LogP contribution in [0, 0.1) is 0 Å². The second kappa shape index (κ2) is 5.82. The third-order valence-corrected chi connectivity index (χ3v) is 3.80. The van der Waals surface area contributed by atoms with Crippen molar-refractivity contribution < 1.29 is 8.42 Å². The average Bonchev–Trinajstić information content (AvgIpc) is 2.26. The highest BCUT2D eigenvalue weighted by atomic mass is 32.2. The Kier molecular flexibility index (Phi) is 4.90. The number of sulfone groups is 1. The molecule has 0 aliphatic heterocycles. The van der Waals surface area contributed by atoms with Crippen molar-refractivity contribution in [2.24, 2.45) is 5.73 Å². The molecule has 18 heavy (non-hydrogen) atoms. The predicted molar refractivity (Wildman–Crippen MR) is 75.2 cm³/mol. The van der Waals surface area contributed by atoms with Gasteiger partial charge in [-0.2, -0.15) is 0 Å². The highest BCUT2D eigenvalue weighted by Crippen LogP contribution is 2.18. The molecule has 0 bridgehead atoms. The molecule has 0 aromatic heterocycles. The Hall–Kier alpha value is -0.910. The van der Waals surface area contributed by atoms with Crippen molar-refractivity contribution in [1.29, 1.82) is 0 Å². The minimum Gasteiger partial charge on any atom is -0.321 e. The third-order valence-electron chi connectivity index (χ3n) is 2.88. The second-order valence-corrected chi connectivity index (χ2v) is 7.41. The van der Waals surface area contributed by atoms with Gasteiger partial charge in [-0.25, -0.2) is 8.42 Å². The second-order valence-electron chi connectivity index (χ2n) is 5.15. The molecule has 1 rings (SSSR count). The molecule has 0 aliphatic carbocycles. The molecule has 0 amide bonds. The fourth-order valence-electron chi connectivity index (χ4n) is 1.87. The standard InChI is InChI=1S/C13H22N2O2S/c1-13(14,12-7-5-4-6-8-12)11-15(2)9-10-18(3,16)17/h4-8H,9-11,14H2,1-3H3. The van der Waals surface area contributed by atoms with Crippen molar-refractivity contribution in [3.05, 3.63) is 35.9 Å². The van der Waals surface area contributed by atoms with E-state index in [0.717, 1.165) is 5.56 Å². The van der Waals surface area contributed by atoms with Gasteiger partial charge in [0.1, 0.15) is 9.84 Å². The van der Waals surface area contributed by atoms with Gasteiger partial charge in [-0.15, -0.1) is 0 Å². The zero-order valence-electron chi connectivity index (χ0n) is 11.3. The summed E-state index contributed by atoms with van der Waals surface area (Å²) in [5.41, 5.74) is 6.86. The van der Waals surface area contributed by atoms with Crippen LogP contribution in [0.4, 0.5) is 0 Å². The van der Waals surface area contributed by atoms with Crippen molar-refractivity contribution in [1.82, 2.24) is 4.90 Å². The molecule has 1 atom stereocenters. The number of hydrogen-bond acceptors (Lipinski definition) is 4. The number of hydrogen-bond donors (Lipinski definition) is 1. The van der Waals surface area contributed by atoms with E-state index in [-0.39, 0.29) is 5.75 Å². The van der Waals surface area contributed by atoms with E-state index in [1.807, 2.05) is 49.2 Å². The van der Waals surface area contributed by atoms with Crippen LogP contribution in [0.15, 0.2) is 30.3 Å². The Morgan fingerprint density at radius 3 is 2.33 bits per heavy atom. The Balaban J connectivity index is 2.61. The molecule has 1 aromatic rings. The summed E-state index contributed by atoms with van der Waals surface area (Å²) in [5, 5.41) is 0. The first-order chi connectivity index (χ1) is 8.21. The van der Waals surface area contributed by atoms with E-state index >= 15 is 0 Å². The van der Waals surface area contributed by atoms with Gasteiger partial charge < -0.3 is 10.6 Å². The molecule has 0 fully saturated rings. The normalized spacial score (nSPS) is 15.6. The van der Waals surface area contributed by atoms with Crippen LogP contribution in [0.1, 0.15) is 12.5 Å². The summed E-state index contributed by atoms with van der Waals surface area (Å²) in [6, 6.07) is 9.84. The molecule has 2 N–H and O–H groups in total. The lowest BCUT2D eigenvalue weighted by atomic mass is 9.93. The van der Waals surface area contributed by atoms with Crippen LogP contribution in [-0.2, 0) is 15.4 Å². The van der Waals surface area contributed by atoms with Crippen LogP contribution in [0.25, 0.3) is 0 Å². The van der Waals surface area contributed by atoms with Gasteiger partial charge in [-0.05, 0) is 19.5 Å². The number of benzene rings is 1. The van der Waals surface area contributed by atoms with E-state index in [9.17, 15) is 8.42 Å². The molecule has 1 unspecified atom stereocenters. The number of nitrogens with two attached hydrogens (primary N) is 1. The van der Waals surface area contributed by atoms with Gasteiger partial charge in [0.25, 0.3) is 0 Å². The van der Waals surface area contributed by atoms with E-state index in [2.05, 4.69) is 0 Å². The first-order valence-electron chi connectivity index (χ1n) is 5.91. The summed E-state index contributed by atoms with van der Waals surface area (Å²) < 4.78 is 22.2. The lowest BCUT2D eigenvalue weighted by Gasteiger charge is -2.30. The van der Waals surface area contributed by atoms with Gasteiger partial charge in [-0.1, -0.05) is 30.3 Å². The molecule has 0 spiro atoms. The maximum atomic E-state index is 11.1. The Morgan fingerprint density at radius 2 is 1.83 bits per heavy atom. The molecule has 1 aromatic carbocycles. The molecule has 5 heteroatoms. The van der Waals surface area contributed by atoms with E-state index < -0.39 is 15.4 Å². The molecular weight excluding hydrogens is 248 g/mol. The number of likely N-dealkylation sites (N-methyl/N-ethyl adjacent to an activating group) is 1. The van der Waals surface area contributed by atoms with E-state index in [1.54, 1.807) is 0 Å². The van der Waals surface area contributed by atoms with Crippen LogP contribution in [-0.4, -0.2) is 45.5 Å². The van der Waals surface area contributed by atoms with Crippen LogP contribution in [0.5, 0.6) is 0 Å². The molecule has 0 aliphatic rings. The summed E-state index contributed by atoms with van der Waals surface area (Å²) in [7, 11) is -1.03. The maximum Gasteiger partial charge on any atom is 0.148 e. The first kappa shape index (κ1) is 15.1. The molecule has 102 valence electrons. The van der Waals surface area contributed by atoms with Crippen LogP contribution in [0.2, 0.25) is 0 Å². The fraction of sp³-hybridized carbons (Fsp3) is 0.538. The summed E-state index contributed by atoms with van der Waals surface area (Å²) in [4.78, 5) is 1.95. The lowest BCUT2D eigenvalue weighted by Crippen LogP contribution is -2.45. The average molecular weight is 270 g/mol. The quantitative estimate of drug-likeness (QED) is 0.832. The highest BCUT2D eigenvalue weighted by molar-refractivity contribution is 7.90. The molecule has 0 saturated heterocycles. The maximum absolute atomic E-state index is 11.1. The number of nitrogens with zero attached hydrogens (tertiary/aromatic N) is 1. The SMILES string of the molecule is CN(CCS(C)(=O)=O)CC(C)(N)c1ccccc1.